The Kier molecular flexibility index (Phi) is 5.10. The van der Waals surface area contributed by atoms with Gasteiger partial charge in [0.1, 0.15) is 0 Å². The van der Waals surface area contributed by atoms with Gasteiger partial charge in [0.2, 0.25) is 0 Å². The zero-order chi connectivity index (χ0) is 9.52. The highest BCUT2D eigenvalue weighted by molar-refractivity contribution is 5.88. The molecule has 0 saturated heterocycles. The number of unbranched alkanes of at least 4 members (excludes halogenated alkanes) is 2. The van der Waals surface area contributed by atoms with Crippen molar-refractivity contribution in [3.05, 3.63) is 0 Å². The van der Waals surface area contributed by atoms with Crippen LogP contribution in [-0.4, -0.2) is 12.3 Å². The van der Waals surface area contributed by atoms with Crippen LogP contribution in [0.25, 0.3) is 0 Å². The summed E-state index contributed by atoms with van der Waals surface area (Å²) in [5.74, 6) is 0.853. The maximum Gasteiger partial charge on any atom is 0.0395 e. The lowest BCUT2D eigenvalue weighted by molar-refractivity contribution is 0.570. The molecule has 0 N–H and O–H groups in total. The van der Waals surface area contributed by atoms with Crippen LogP contribution in [0.15, 0.2) is 4.99 Å². The quantitative estimate of drug-likeness (QED) is 0.590. The Morgan fingerprint density at radius 3 is 2.69 bits per heavy atom. The molecule has 1 aliphatic heterocycles. The van der Waals surface area contributed by atoms with Gasteiger partial charge in [-0.1, -0.05) is 33.1 Å². The van der Waals surface area contributed by atoms with Gasteiger partial charge >= 0.3 is 0 Å². The molecule has 76 valence electrons. The van der Waals surface area contributed by atoms with Gasteiger partial charge in [0, 0.05) is 12.3 Å². The Balaban J connectivity index is 2.25. The van der Waals surface area contributed by atoms with Crippen LogP contribution in [0.1, 0.15) is 58.8 Å². The molecule has 1 rings (SSSR count). The molecule has 0 radical (unpaired) electrons. The van der Waals surface area contributed by atoms with E-state index in [9.17, 15) is 0 Å². The fraction of sp³-hybridized carbons (Fsp3) is 0.917. The summed E-state index contributed by atoms with van der Waals surface area (Å²) < 4.78 is 0. The molecule has 0 spiro atoms. The fourth-order valence-corrected chi connectivity index (χ4v) is 2.06. The van der Waals surface area contributed by atoms with Gasteiger partial charge in [-0.2, -0.15) is 0 Å². The predicted octanol–water partition coefficient (Wildman–Crippen LogP) is 3.83. The van der Waals surface area contributed by atoms with E-state index in [2.05, 4.69) is 18.8 Å². The van der Waals surface area contributed by atoms with E-state index in [1.165, 1.54) is 50.7 Å². The van der Waals surface area contributed by atoms with E-state index in [0.29, 0.717) is 0 Å². The number of aliphatic imine (C=N–C) groups is 1. The molecule has 0 saturated carbocycles. The maximum atomic E-state index is 4.62. The Labute approximate surface area is 82.6 Å². The Morgan fingerprint density at radius 1 is 1.23 bits per heavy atom. The average Bonchev–Trinajstić information content (AvgIpc) is 2.59. The van der Waals surface area contributed by atoms with Gasteiger partial charge < -0.3 is 0 Å². The SMILES string of the molecule is CCCCC1=NCCC1CCCC. The van der Waals surface area contributed by atoms with Crippen molar-refractivity contribution in [2.24, 2.45) is 10.9 Å². The van der Waals surface area contributed by atoms with Gasteiger partial charge in [0.15, 0.2) is 0 Å². The van der Waals surface area contributed by atoms with Crippen molar-refractivity contribution in [2.75, 3.05) is 6.54 Å². The van der Waals surface area contributed by atoms with Gasteiger partial charge in [0.25, 0.3) is 0 Å². The standard InChI is InChI=1S/C12H23N/c1-3-5-7-11-9-10-13-12(11)8-6-4-2/h11H,3-10H2,1-2H3. The zero-order valence-electron chi connectivity index (χ0n) is 9.18. The first kappa shape index (κ1) is 10.7. The molecular formula is C12H23N. The first-order chi connectivity index (χ1) is 6.38. The molecule has 0 amide bonds. The predicted molar refractivity (Wildman–Crippen MR) is 59.5 cm³/mol. The third-order valence-corrected chi connectivity index (χ3v) is 2.96. The van der Waals surface area contributed by atoms with Crippen molar-refractivity contribution in [1.82, 2.24) is 0 Å². The minimum Gasteiger partial charge on any atom is -0.294 e. The summed E-state index contributed by atoms with van der Waals surface area (Å²) in [5.41, 5.74) is 1.54. The third kappa shape index (κ3) is 3.50. The van der Waals surface area contributed by atoms with Crippen LogP contribution < -0.4 is 0 Å². The Morgan fingerprint density at radius 2 is 2.00 bits per heavy atom. The van der Waals surface area contributed by atoms with E-state index in [1.807, 2.05) is 0 Å². The Hall–Kier alpha value is -0.330. The fourth-order valence-electron chi connectivity index (χ4n) is 2.06. The molecule has 1 heteroatoms. The molecule has 0 bridgehead atoms. The van der Waals surface area contributed by atoms with Crippen LogP contribution in [0, 0.1) is 5.92 Å². The number of rotatable bonds is 6. The van der Waals surface area contributed by atoms with E-state index in [0.717, 1.165) is 12.5 Å². The van der Waals surface area contributed by atoms with Crippen molar-refractivity contribution in [2.45, 2.75) is 58.8 Å². The minimum absolute atomic E-state index is 0.853. The van der Waals surface area contributed by atoms with Crippen LogP contribution in [0.2, 0.25) is 0 Å². The van der Waals surface area contributed by atoms with Crippen LogP contribution in [0.4, 0.5) is 0 Å². The first-order valence-electron chi connectivity index (χ1n) is 5.91. The topological polar surface area (TPSA) is 12.4 Å². The monoisotopic (exact) mass is 181 g/mol. The van der Waals surface area contributed by atoms with E-state index < -0.39 is 0 Å². The molecule has 0 fully saturated rings. The van der Waals surface area contributed by atoms with Gasteiger partial charge in [-0.05, 0) is 31.6 Å². The zero-order valence-corrected chi connectivity index (χ0v) is 9.18. The largest absolute Gasteiger partial charge is 0.294 e. The first-order valence-corrected chi connectivity index (χ1v) is 5.91. The van der Waals surface area contributed by atoms with Crippen molar-refractivity contribution in [3.8, 4) is 0 Å². The summed E-state index contributed by atoms with van der Waals surface area (Å²) in [6.07, 6.45) is 9.34. The van der Waals surface area contributed by atoms with Gasteiger partial charge in [-0.25, -0.2) is 0 Å². The summed E-state index contributed by atoms with van der Waals surface area (Å²) in [6.45, 7) is 5.64. The lowest BCUT2D eigenvalue weighted by Gasteiger charge is -2.11. The molecular weight excluding hydrogens is 158 g/mol. The van der Waals surface area contributed by atoms with Crippen LogP contribution in [0.5, 0.6) is 0 Å². The van der Waals surface area contributed by atoms with Crippen LogP contribution in [0.3, 0.4) is 0 Å². The Bertz CT molecular complexity index is 161. The minimum atomic E-state index is 0.853. The van der Waals surface area contributed by atoms with Crippen LogP contribution >= 0.6 is 0 Å². The highest BCUT2D eigenvalue weighted by atomic mass is 14.8. The van der Waals surface area contributed by atoms with E-state index in [-0.39, 0.29) is 0 Å². The second kappa shape index (κ2) is 6.17. The molecule has 1 unspecified atom stereocenters. The maximum absolute atomic E-state index is 4.62. The normalized spacial score (nSPS) is 22.0. The molecule has 1 heterocycles. The number of hydrogen-bond acceptors (Lipinski definition) is 1. The molecule has 13 heavy (non-hydrogen) atoms. The molecule has 0 aromatic heterocycles. The number of nitrogens with zero attached hydrogens (tertiary/aromatic N) is 1. The summed E-state index contributed by atoms with van der Waals surface area (Å²) in [5, 5.41) is 0. The van der Waals surface area contributed by atoms with Crippen molar-refractivity contribution in [3.63, 3.8) is 0 Å². The average molecular weight is 181 g/mol. The lowest BCUT2D eigenvalue weighted by Crippen LogP contribution is -2.09. The molecule has 0 aromatic rings. The summed E-state index contributed by atoms with van der Waals surface area (Å²) in [4.78, 5) is 4.62. The highest BCUT2D eigenvalue weighted by Crippen LogP contribution is 2.23. The van der Waals surface area contributed by atoms with Gasteiger partial charge in [-0.15, -0.1) is 0 Å². The molecule has 1 aliphatic rings. The van der Waals surface area contributed by atoms with Crippen molar-refractivity contribution >= 4 is 5.71 Å². The third-order valence-electron chi connectivity index (χ3n) is 2.96. The molecule has 0 aromatic carbocycles. The smallest absolute Gasteiger partial charge is 0.0395 e. The molecule has 1 nitrogen and oxygen atoms in total. The summed E-state index contributed by atoms with van der Waals surface area (Å²) in [7, 11) is 0. The van der Waals surface area contributed by atoms with E-state index in [1.54, 1.807) is 0 Å². The van der Waals surface area contributed by atoms with Gasteiger partial charge in [-0.3, -0.25) is 4.99 Å². The second-order valence-electron chi connectivity index (χ2n) is 4.10. The highest BCUT2D eigenvalue weighted by Gasteiger charge is 2.19. The second-order valence-corrected chi connectivity index (χ2v) is 4.10. The number of hydrogen-bond donors (Lipinski definition) is 0. The lowest BCUT2D eigenvalue weighted by atomic mass is 9.93. The molecule has 0 aliphatic carbocycles. The van der Waals surface area contributed by atoms with Crippen molar-refractivity contribution < 1.29 is 0 Å². The summed E-state index contributed by atoms with van der Waals surface area (Å²) >= 11 is 0. The van der Waals surface area contributed by atoms with Gasteiger partial charge in [0.05, 0.1) is 0 Å². The van der Waals surface area contributed by atoms with E-state index >= 15 is 0 Å². The van der Waals surface area contributed by atoms with E-state index in [4.69, 9.17) is 0 Å². The molecule has 1 atom stereocenters. The van der Waals surface area contributed by atoms with Crippen LogP contribution in [-0.2, 0) is 0 Å². The summed E-state index contributed by atoms with van der Waals surface area (Å²) in [6, 6.07) is 0. The van der Waals surface area contributed by atoms with Crippen molar-refractivity contribution in [1.29, 1.82) is 0 Å².